The van der Waals surface area contributed by atoms with Crippen molar-refractivity contribution in [3.8, 4) is 11.5 Å². The highest BCUT2D eigenvalue weighted by molar-refractivity contribution is 6.27. The number of carbonyl (C=O) groups is 1. The summed E-state index contributed by atoms with van der Waals surface area (Å²) in [6, 6.07) is 5.77. The Morgan fingerprint density at radius 2 is 2.05 bits per heavy atom. The zero-order chi connectivity index (χ0) is 13.7. The van der Waals surface area contributed by atoms with E-state index in [4.69, 9.17) is 21.1 Å². The number of alkyl halides is 1. The third kappa shape index (κ3) is 3.53. The van der Waals surface area contributed by atoms with Crippen molar-refractivity contribution < 1.29 is 14.3 Å². The van der Waals surface area contributed by atoms with Gasteiger partial charge in [-0.05, 0) is 24.1 Å². The Kier molecular flexibility index (Phi) is 4.91. The largest absolute Gasteiger partial charge is 0.486 e. The highest BCUT2D eigenvalue weighted by Crippen LogP contribution is 2.31. The maximum absolute atomic E-state index is 11.7. The van der Waals surface area contributed by atoms with E-state index in [0.29, 0.717) is 26.3 Å². The molecule has 0 atom stereocenters. The van der Waals surface area contributed by atoms with Crippen LogP contribution in [-0.2, 0) is 11.3 Å². The fraction of sp³-hybridized carbons (Fsp3) is 0.500. The molecular formula is C14H18ClNO3. The quantitative estimate of drug-likeness (QED) is 0.779. The van der Waals surface area contributed by atoms with Crippen molar-refractivity contribution in [2.75, 3.05) is 25.6 Å². The van der Waals surface area contributed by atoms with Gasteiger partial charge in [0.05, 0.1) is 0 Å². The van der Waals surface area contributed by atoms with Crippen LogP contribution in [0.1, 0.15) is 18.9 Å². The number of nitrogens with zero attached hydrogens (tertiary/aromatic N) is 1. The highest BCUT2D eigenvalue weighted by Gasteiger charge is 2.15. The highest BCUT2D eigenvalue weighted by atomic mass is 35.5. The molecule has 0 radical (unpaired) electrons. The van der Waals surface area contributed by atoms with Gasteiger partial charge >= 0.3 is 0 Å². The van der Waals surface area contributed by atoms with E-state index in [-0.39, 0.29) is 11.8 Å². The Labute approximate surface area is 118 Å². The SMILES string of the molecule is CCCN(Cc1ccc2c(c1)OCCO2)C(=O)CCl. The third-order valence-corrected chi connectivity index (χ3v) is 3.17. The van der Waals surface area contributed by atoms with Crippen LogP contribution in [0.15, 0.2) is 18.2 Å². The Hall–Kier alpha value is -1.42. The summed E-state index contributed by atoms with van der Waals surface area (Å²) in [4.78, 5) is 13.5. The van der Waals surface area contributed by atoms with Gasteiger partial charge in [0.15, 0.2) is 11.5 Å². The van der Waals surface area contributed by atoms with Crippen LogP contribution >= 0.6 is 11.6 Å². The lowest BCUT2D eigenvalue weighted by Gasteiger charge is -2.23. The fourth-order valence-electron chi connectivity index (χ4n) is 2.05. The summed E-state index contributed by atoms with van der Waals surface area (Å²) in [5.41, 5.74) is 1.02. The van der Waals surface area contributed by atoms with Gasteiger partial charge in [0.1, 0.15) is 19.1 Å². The summed E-state index contributed by atoms with van der Waals surface area (Å²) in [7, 11) is 0. The van der Waals surface area contributed by atoms with Crippen LogP contribution in [0.5, 0.6) is 11.5 Å². The Morgan fingerprint density at radius 3 is 2.74 bits per heavy atom. The molecule has 1 amide bonds. The lowest BCUT2D eigenvalue weighted by Crippen LogP contribution is -2.32. The van der Waals surface area contributed by atoms with E-state index >= 15 is 0 Å². The number of rotatable bonds is 5. The second-order valence-electron chi connectivity index (χ2n) is 4.43. The maximum Gasteiger partial charge on any atom is 0.237 e. The molecule has 0 bridgehead atoms. The molecule has 0 spiro atoms. The van der Waals surface area contributed by atoms with E-state index in [9.17, 15) is 4.79 Å². The minimum absolute atomic E-state index is 0.0184. The molecule has 0 aliphatic carbocycles. The second kappa shape index (κ2) is 6.66. The molecule has 1 aromatic rings. The standard InChI is InChI=1S/C14H18ClNO3/c1-2-5-16(14(17)9-15)10-11-3-4-12-13(8-11)19-7-6-18-12/h3-4,8H,2,5-7,9-10H2,1H3. The van der Waals surface area contributed by atoms with Crippen LogP contribution in [0.4, 0.5) is 0 Å². The van der Waals surface area contributed by atoms with Gasteiger partial charge in [-0.15, -0.1) is 11.6 Å². The maximum atomic E-state index is 11.7. The van der Waals surface area contributed by atoms with E-state index in [0.717, 1.165) is 23.5 Å². The first-order valence-electron chi connectivity index (χ1n) is 6.47. The summed E-state index contributed by atoms with van der Waals surface area (Å²) in [6.07, 6.45) is 0.910. The first-order valence-corrected chi connectivity index (χ1v) is 7.00. The summed E-state index contributed by atoms with van der Waals surface area (Å²) >= 11 is 5.63. The van der Waals surface area contributed by atoms with Crippen LogP contribution in [0.25, 0.3) is 0 Å². The van der Waals surface area contributed by atoms with Crippen LogP contribution in [0, 0.1) is 0 Å². The minimum atomic E-state index is -0.0431. The number of halogens is 1. The van der Waals surface area contributed by atoms with Gasteiger partial charge in [0, 0.05) is 13.1 Å². The number of carbonyl (C=O) groups excluding carboxylic acids is 1. The van der Waals surface area contributed by atoms with Crippen LogP contribution in [0.3, 0.4) is 0 Å². The van der Waals surface area contributed by atoms with Crippen molar-refractivity contribution in [3.63, 3.8) is 0 Å². The molecule has 1 heterocycles. The molecule has 19 heavy (non-hydrogen) atoms. The zero-order valence-electron chi connectivity index (χ0n) is 11.0. The molecule has 0 unspecified atom stereocenters. The molecule has 5 heteroatoms. The summed E-state index contributed by atoms with van der Waals surface area (Å²) in [5.74, 6) is 1.49. The average molecular weight is 284 g/mol. The summed E-state index contributed by atoms with van der Waals surface area (Å²) in [6.45, 7) is 4.45. The number of amides is 1. The molecule has 1 aliphatic heterocycles. The van der Waals surface area contributed by atoms with Gasteiger partial charge < -0.3 is 14.4 Å². The molecule has 4 nitrogen and oxygen atoms in total. The van der Waals surface area contributed by atoms with E-state index < -0.39 is 0 Å². The first kappa shape index (κ1) is 14.0. The Morgan fingerprint density at radius 1 is 1.32 bits per heavy atom. The molecular weight excluding hydrogens is 266 g/mol. The van der Waals surface area contributed by atoms with Crippen molar-refractivity contribution in [3.05, 3.63) is 23.8 Å². The number of ether oxygens (including phenoxy) is 2. The van der Waals surface area contributed by atoms with Gasteiger partial charge in [-0.3, -0.25) is 4.79 Å². The van der Waals surface area contributed by atoms with E-state index in [1.807, 2.05) is 25.1 Å². The molecule has 1 aliphatic rings. The lowest BCUT2D eigenvalue weighted by molar-refractivity contribution is -0.129. The molecule has 0 fully saturated rings. The molecule has 0 saturated carbocycles. The van der Waals surface area contributed by atoms with Crippen LogP contribution in [-0.4, -0.2) is 36.4 Å². The predicted octanol–water partition coefficient (Wildman–Crippen LogP) is 2.44. The molecule has 0 saturated heterocycles. The topological polar surface area (TPSA) is 38.8 Å². The van der Waals surface area contributed by atoms with Crippen molar-refractivity contribution in [2.45, 2.75) is 19.9 Å². The van der Waals surface area contributed by atoms with Gasteiger partial charge in [0.2, 0.25) is 5.91 Å². The number of benzene rings is 1. The molecule has 104 valence electrons. The van der Waals surface area contributed by atoms with Crippen molar-refractivity contribution >= 4 is 17.5 Å². The normalized spacial score (nSPS) is 13.2. The molecule has 0 aromatic heterocycles. The van der Waals surface area contributed by atoms with Crippen LogP contribution < -0.4 is 9.47 Å². The van der Waals surface area contributed by atoms with Gasteiger partial charge in [-0.1, -0.05) is 13.0 Å². The number of hydrogen-bond donors (Lipinski definition) is 0. The van der Waals surface area contributed by atoms with E-state index in [1.54, 1.807) is 4.90 Å². The van der Waals surface area contributed by atoms with Crippen molar-refractivity contribution in [1.29, 1.82) is 0 Å². The molecule has 2 rings (SSSR count). The van der Waals surface area contributed by atoms with Gasteiger partial charge in [-0.2, -0.15) is 0 Å². The Balaban J connectivity index is 2.10. The van der Waals surface area contributed by atoms with E-state index in [1.165, 1.54) is 0 Å². The molecule has 1 aromatic carbocycles. The second-order valence-corrected chi connectivity index (χ2v) is 4.69. The van der Waals surface area contributed by atoms with Crippen LogP contribution in [0.2, 0.25) is 0 Å². The summed E-state index contributed by atoms with van der Waals surface area (Å²) < 4.78 is 11.0. The lowest BCUT2D eigenvalue weighted by atomic mass is 10.1. The number of hydrogen-bond acceptors (Lipinski definition) is 3. The van der Waals surface area contributed by atoms with Gasteiger partial charge in [-0.25, -0.2) is 0 Å². The first-order chi connectivity index (χ1) is 9.24. The minimum Gasteiger partial charge on any atom is -0.486 e. The zero-order valence-corrected chi connectivity index (χ0v) is 11.8. The third-order valence-electron chi connectivity index (χ3n) is 2.94. The van der Waals surface area contributed by atoms with Crippen molar-refractivity contribution in [2.24, 2.45) is 0 Å². The monoisotopic (exact) mass is 283 g/mol. The Bertz CT molecular complexity index is 450. The smallest absolute Gasteiger partial charge is 0.237 e. The fourth-order valence-corrected chi connectivity index (χ4v) is 2.22. The number of fused-ring (bicyclic) bond motifs is 1. The average Bonchev–Trinajstić information content (AvgIpc) is 2.46. The van der Waals surface area contributed by atoms with Gasteiger partial charge in [0.25, 0.3) is 0 Å². The van der Waals surface area contributed by atoms with Crippen molar-refractivity contribution in [1.82, 2.24) is 4.90 Å². The summed E-state index contributed by atoms with van der Waals surface area (Å²) in [5, 5.41) is 0. The predicted molar refractivity (Wildman–Crippen MR) is 73.9 cm³/mol. The molecule has 0 N–H and O–H groups in total. The van der Waals surface area contributed by atoms with E-state index in [2.05, 4.69) is 0 Å².